The maximum Gasteiger partial charge on any atom is 0.126 e. The number of nitrogens with two attached hydrogens (primary N) is 1. The zero-order chi connectivity index (χ0) is 11.5. The largest absolute Gasteiger partial charge is 0.496 e. The average Bonchev–Trinajstić information content (AvgIpc) is 2.74. The lowest BCUT2D eigenvalue weighted by molar-refractivity contribution is 0.410. The van der Waals surface area contributed by atoms with E-state index in [0.717, 1.165) is 23.3 Å². The minimum atomic E-state index is 0.590. The number of rotatable bonds is 3. The molecule has 1 heterocycles. The van der Waals surface area contributed by atoms with Crippen LogP contribution in [-0.4, -0.2) is 17.3 Å². The molecule has 2 aromatic rings. The average molecular weight is 217 g/mol. The van der Waals surface area contributed by atoms with Crippen LogP contribution >= 0.6 is 0 Å². The van der Waals surface area contributed by atoms with E-state index in [9.17, 15) is 0 Å². The van der Waals surface area contributed by atoms with Gasteiger partial charge in [0.2, 0.25) is 0 Å². The van der Waals surface area contributed by atoms with Gasteiger partial charge in [0.1, 0.15) is 11.6 Å². The Bertz CT molecular complexity index is 491. The SMILES string of the molecule is CCc1cc(-c2cn[nH]c2N)ccc1OC. The van der Waals surface area contributed by atoms with Crippen LogP contribution in [0.15, 0.2) is 24.4 Å². The van der Waals surface area contributed by atoms with E-state index in [1.54, 1.807) is 13.3 Å². The summed E-state index contributed by atoms with van der Waals surface area (Å²) >= 11 is 0. The summed E-state index contributed by atoms with van der Waals surface area (Å²) in [4.78, 5) is 0. The zero-order valence-corrected chi connectivity index (χ0v) is 9.45. The second kappa shape index (κ2) is 4.26. The van der Waals surface area contributed by atoms with Crippen molar-refractivity contribution in [3.05, 3.63) is 30.0 Å². The van der Waals surface area contributed by atoms with E-state index in [0.29, 0.717) is 5.82 Å². The number of ether oxygens (including phenoxy) is 1. The van der Waals surface area contributed by atoms with Crippen LogP contribution in [0.1, 0.15) is 12.5 Å². The Kier molecular flexibility index (Phi) is 2.81. The zero-order valence-electron chi connectivity index (χ0n) is 9.45. The summed E-state index contributed by atoms with van der Waals surface area (Å²) in [5.41, 5.74) is 8.94. The van der Waals surface area contributed by atoms with Crippen molar-refractivity contribution in [2.75, 3.05) is 12.8 Å². The quantitative estimate of drug-likeness (QED) is 0.828. The van der Waals surface area contributed by atoms with E-state index < -0.39 is 0 Å². The third kappa shape index (κ3) is 1.74. The lowest BCUT2D eigenvalue weighted by Gasteiger charge is -2.08. The lowest BCUT2D eigenvalue weighted by Crippen LogP contribution is -1.92. The first kappa shape index (κ1) is 10.5. The highest BCUT2D eigenvalue weighted by atomic mass is 16.5. The summed E-state index contributed by atoms with van der Waals surface area (Å²) in [5, 5.41) is 6.64. The highest BCUT2D eigenvalue weighted by molar-refractivity contribution is 5.74. The van der Waals surface area contributed by atoms with Gasteiger partial charge in [0, 0.05) is 5.56 Å². The minimum Gasteiger partial charge on any atom is -0.496 e. The molecule has 0 spiro atoms. The molecule has 3 N–H and O–H groups in total. The Morgan fingerprint density at radius 3 is 2.81 bits per heavy atom. The predicted molar refractivity (Wildman–Crippen MR) is 64.4 cm³/mol. The predicted octanol–water partition coefficient (Wildman–Crippen LogP) is 2.23. The van der Waals surface area contributed by atoms with Crippen LogP contribution in [0.5, 0.6) is 5.75 Å². The monoisotopic (exact) mass is 217 g/mol. The minimum absolute atomic E-state index is 0.590. The first-order valence-electron chi connectivity index (χ1n) is 5.22. The van der Waals surface area contributed by atoms with Crippen LogP contribution in [0.4, 0.5) is 5.82 Å². The van der Waals surface area contributed by atoms with Gasteiger partial charge < -0.3 is 10.5 Å². The molecule has 0 saturated heterocycles. The topological polar surface area (TPSA) is 63.9 Å². The van der Waals surface area contributed by atoms with Crippen molar-refractivity contribution >= 4 is 5.82 Å². The second-order valence-corrected chi connectivity index (χ2v) is 3.58. The number of aromatic nitrogens is 2. The molecular formula is C12H15N3O. The fourth-order valence-corrected chi connectivity index (χ4v) is 1.75. The summed E-state index contributed by atoms with van der Waals surface area (Å²) in [5.74, 6) is 1.50. The van der Waals surface area contributed by atoms with E-state index in [4.69, 9.17) is 10.5 Å². The molecule has 0 saturated carbocycles. The number of H-pyrrole nitrogens is 1. The number of nitrogens with zero attached hydrogens (tertiary/aromatic N) is 1. The van der Waals surface area contributed by atoms with Crippen molar-refractivity contribution in [1.29, 1.82) is 0 Å². The highest BCUT2D eigenvalue weighted by Crippen LogP contribution is 2.29. The van der Waals surface area contributed by atoms with Gasteiger partial charge in [-0.1, -0.05) is 13.0 Å². The van der Waals surface area contributed by atoms with Crippen LogP contribution in [0.3, 0.4) is 0 Å². The summed E-state index contributed by atoms with van der Waals surface area (Å²) in [7, 11) is 1.68. The van der Waals surface area contributed by atoms with Crippen molar-refractivity contribution in [1.82, 2.24) is 10.2 Å². The third-order valence-corrected chi connectivity index (χ3v) is 2.64. The molecule has 0 bridgehead atoms. The second-order valence-electron chi connectivity index (χ2n) is 3.58. The lowest BCUT2D eigenvalue weighted by atomic mass is 10.0. The van der Waals surface area contributed by atoms with Gasteiger partial charge in [-0.3, -0.25) is 5.10 Å². The highest BCUT2D eigenvalue weighted by Gasteiger charge is 2.07. The van der Waals surface area contributed by atoms with Gasteiger partial charge in [0.25, 0.3) is 0 Å². The number of nitrogens with one attached hydrogen (secondary N) is 1. The molecule has 84 valence electrons. The Balaban J connectivity index is 2.48. The molecule has 0 aliphatic rings. The van der Waals surface area contributed by atoms with Crippen molar-refractivity contribution in [2.45, 2.75) is 13.3 Å². The van der Waals surface area contributed by atoms with Crippen molar-refractivity contribution in [3.8, 4) is 16.9 Å². The Morgan fingerprint density at radius 1 is 1.44 bits per heavy atom. The molecule has 0 aliphatic carbocycles. The van der Waals surface area contributed by atoms with Crippen molar-refractivity contribution in [2.24, 2.45) is 0 Å². The molecule has 1 aromatic heterocycles. The molecule has 1 aromatic carbocycles. The summed E-state index contributed by atoms with van der Waals surface area (Å²) in [6.07, 6.45) is 2.66. The number of anilines is 1. The Hall–Kier alpha value is -1.97. The van der Waals surface area contributed by atoms with Gasteiger partial charge in [0.15, 0.2) is 0 Å². The van der Waals surface area contributed by atoms with Gasteiger partial charge in [-0.2, -0.15) is 5.10 Å². The van der Waals surface area contributed by atoms with Crippen LogP contribution in [-0.2, 0) is 6.42 Å². The number of aromatic amines is 1. The van der Waals surface area contributed by atoms with Crippen LogP contribution in [0.2, 0.25) is 0 Å². The summed E-state index contributed by atoms with van der Waals surface area (Å²) < 4.78 is 5.28. The van der Waals surface area contributed by atoms with Crippen molar-refractivity contribution < 1.29 is 4.74 Å². The maximum atomic E-state index is 5.79. The van der Waals surface area contributed by atoms with Crippen LogP contribution in [0, 0.1) is 0 Å². The van der Waals surface area contributed by atoms with E-state index in [1.165, 1.54) is 5.56 Å². The van der Waals surface area contributed by atoms with Crippen molar-refractivity contribution in [3.63, 3.8) is 0 Å². The number of aryl methyl sites for hydroxylation is 1. The van der Waals surface area contributed by atoms with E-state index in [1.807, 2.05) is 12.1 Å². The fourth-order valence-electron chi connectivity index (χ4n) is 1.75. The normalized spacial score (nSPS) is 10.4. The molecule has 0 unspecified atom stereocenters. The van der Waals surface area contributed by atoms with Crippen LogP contribution in [0.25, 0.3) is 11.1 Å². The smallest absolute Gasteiger partial charge is 0.126 e. The third-order valence-electron chi connectivity index (χ3n) is 2.64. The maximum absolute atomic E-state index is 5.79. The van der Waals surface area contributed by atoms with Gasteiger partial charge >= 0.3 is 0 Å². The van der Waals surface area contributed by atoms with Gasteiger partial charge in [0.05, 0.1) is 13.3 Å². The number of benzene rings is 1. The number of hydrogen-bond donors (Lipinski definition) is 2. The van der Waals surface area contributed by atoms with E-state index in [2.05, 4.69) is 23.2 Å². The van der Waals surface area contributed by atoms with E-state index in [-0.39, 0.29) is 0 Å². The standard InChI is InChI=1S/C12H15N3O/c1-3-8-6-9(4-5-11(8)16-2)10-7-14-15-12(10)13/h4-7H,3H2,1-2H3,(H3,13,14,15). The molecule has 4 heteroatoms. The molecule has 4 nitrogen and oxygen atoms in total. The van der Waals surface area contributed by atoms with Gasteiger partial charge in [-0.05, 0) is 29.7 Å². The number of hydrogen-bond acceptors (Lipinski definition) is 3. The molecule has 0 amide bonds. The molecule has 0 aliphatic heterocycles. The number of methoxy groups -OCH3 is 1. The first-order valence-corrected chi connectivity index (χ1v) is 5.22. The summed E-state index contributed by atoms with van der Waals surface area (Å²) in [6, 6.07) is 6.03. The molecule has 0 radical (unpaired) electrons. The molecule has 0 atom stereocenters. The first-order chi connectivity index (χ1) is 7.76. The number of nitrogen functional groups attached to an aromatic ring is 1. The molecular weight excluding hydrogens is 202 g/mol. The molecule has 0 fully saturated rings. The van der Waals surface area contributed by atoms with Gasteiger partial charge in [-0.25, -0.2) is 0 Å². The Labute approximate surface area is 94.4 Å². The van der Waals surface area contributed by atoms with Gasteiger partial charge in [-0.15, -0.1) is 0 Å². The summed E-state index contributed by atoms with van der Waals surface area (Å²) in [6.45, 7) is 2.10. The molecule has 16 heavy (non-hydrogen) atoms. The molecule has 2 rings (SSSR count). The Morgan fingerprint density at radius 2 is 2.25 bits per heavy atom. The van der Waals surface area contributed by atoms with E-state index >= 15 is 0 Å². The van der Waals surface area contributed by atoms with Crippen LogP contribution < -0.4 is 10.5 Å². The fraction of sp³-hybridized carbons (Fsp3) is 0.250.